The van der Waals surface area contributed by atoms with Crippen LogP contribution in [0.1, 0.15) is 6.42 Å². The molecule has 0 aliphatic heterocycles. The quantitative estimate of drug-likeness (QED) is 0.392. The predicted molar refractivity (Wildman–Crippen MR) is 40.7 cm³/mol. The molecule has 0 saturated carbocycles. The van der Waals surface area contributed by atoms with Crippen LogP contribution in [0.2, 0.25) is 0 Å². The smallest absolute Gasteiger partial charge is 0.834 e. The number of aliphatic carboxylic acids is 1. The Morgan fingerprint density at radius 2 is 2.18 bits per heavy atom. The summed E-state index contributed by atoms with van der Waals surface area (Å²) in [4.78, 5) is 9.97. The standard InChI is InChI=1S/C5H10NO3S.Ca/c1-10-3-2-5(6,9)4(7)8;/h2-3,6H2,1H3,(H,7,8);/q-1;+2/p-1. The van der Waals surface area contributed by atoms with E-state index in [0.717, 1.165) is 0 Å². The van der Waals surface area contributed by atoms with Crippen molar-refractivity contribution in [2.24, 2.45) is 5.73 Å². The van der Waals surface area contributed by atoms with Crippen molar-refractivity contribution >= 4 is 55.5 Å². The maximum absolute atomic E-state index is 10.7. The fourth-order valence-electron chi connectivity index (χ4n) is 0.356. The van der Waals surface area contributed by atoms with Crippen LogP contribution in [0.3, 0.4) is 0 Å². The van der Waals surface area contributed by atoms with Gasteiger partial charge in [0.1, 0.15) is 0 Å². The van der Waals surface area contributed by atoms with Gasteiger partial charge in [0, 0.05) is 5.97 Å². The van der Waals surface area contributed by atoms with Gasteiger partial charge in [0.05, 0.1) is 0 Å². The summed E-state index contributed by atoms with van der Waals surface area (Å²) < 4.78 is 0. The van der Waals surface area contributed by atoms with Crippen LogP contribution in [0.5, 0.6) is 0 Å². The molecule has 60 valence electrons. The zero-order valence-corrected chi connectivity index (χ0v) is 9.36. The van der Waals surface area contributed by atoms with Gasteiger partial charge >= 0.3 is 37.7 Å². The summed E-state index contributed by atoms with van der Waals surface area (Å²) in [6.45, 7) is 0. The molecule has 1 unspecified atom stereocenters. The van der Waals surface area contributed by atoms with Gasteiger partial charge in [0.15, 0.2) is 0 Å². The molecular weight excluding hydrogens is 194 g/mol. The van der Waals surface area contributed by atoms with Gasteiger partial charge in [-0.3, -0.25) is 0 Å². The molecule has 0 spiro atoms. The monoisotopic (exact) mass is 203 g/mol. The van der Waals surface area contributed by atoms with E-state index in [0.29, 0.717) is 5.75 Å². The first-order valence-electron chi connectivity index (χ1n) is 2.70. The van der Waals surface area contributed by atoms with Crippen LogP contribution in [0.4, 0.5) is 0 Å². The summed E-state index contributed by atoms with van der Waals surface area (Å²) in [5.74, 6) is -1.30. The van der Waals surface area contributed by atoms with Crippen LogP contribution in [-0.4, -0.2) is 61.4 Å². The number of nitrogens with two attached hydrogens (primary N) is 1. The second-order valence-electron chi connectivity index (χ2n) is 1.92. The number of carboxylic acids is 1. The Morgan fingerprint density at radius 3 is 2.45 bits per heavy atom. The maximum atomic E-state index is 10.7. The summed E-state index contributed by atoms with van der Waals surface area (Å²) in [5, 5.41) is 20.6. The molecule has 11 heavy (non-hydrogen) atoms. The van der Waals surface area contributed by atoms with Crippen molar-refractivity contribution < 1.29 is 15.0 Å². The molecule has 6 heteroatoms. The molecule has 0 amide bonds. The molecule has 1 atom stereocenters. The molecule has 0 rings (SSSR count). The Morgan fingerprint density at radius 1 is 1.73 bits per heavy atom. The third-order valence-electron chi connectivity index (χ3n) is 1.02. The SMILES string of the molecule is CSCCC(N)([O-])C(=O)[O-].[Ca+2]. The average molecular weight is 203 g/mol. The second-order valence-corrected chi connectivity index (χ2v) is 2.91. The van der Waals surface area contributed by atoms with E-state index in [1.165, 1.54) is 11.8 Å². The van der Waals surface area contributed by atoms with Crippen LogP contribution in [0.15, 0.2) is 0 Å². The summed E-state index contributed by atoms with van der Waals surface area (Å²) in [7, 11) is 0. The van der Waals surface area contributed by atoms with Crippen molar-refractivity contribution in [3.63, 3.8) is 0 Å². The Labute approximate surface area is 99.5 Å². The van der Waals surface area contributed by atoms with Gasteiger partial charge in [-0.25, -0.2) is 0 Å². The molecule has 4 nitrogen and oxygen atoms in total. The van der Waals surface area contributed by atoms with Gasteiger partial charge < -0.3 is 20.7 Å². The molecule has 2 N–H and O–H groups in total. The van der Waals surface area contributed by atoms with E-state index < -0.39 is 11.7 Å². The first kappa shape index (κ1) is 14.5. The molecule has 0 aliphatic rings. The molecule has 0 heterocycles. The molecule has 0 aliphatic carbocycles. The first-order valence-corrected chi connectivity index (χ1v) is 4.10. The Kier molecular flexibility index (Phi) is 8.59. The number of carbonyl (C=O) groups is 1. The van der Waals surface area contributed by atoms with Gasteiger partial charge in [-0.05, 0) is 24.2 Å². The Balaban J connectivity index is 0. The zero-order valence-electron chi connectivity index (χ0n) is 6.33. The summed E-state index contributed by atoms with van der Waals surface area (Å²) in [6.07, 6.45) is 1.67. The minimum atomic E-state index is -2.41. The number of rotatable bonds is 4. The van der Waals surface area contributed by atoms with Crippen LogP contribution in [-0.2, 0) is 4.79 Å². The summed E-state index contributed by atoms with van der Waals surface area (Å²) in [5.41, 5.74) is 2.40. The van der Waals surface area contributed by atoms with E-state index in [-0.39, 0.29) is 44.2 Å². The predicted octanol–water partition coefficient (Wildman–Crippen LogP) is -2.88. The minimum Gasteiger partial charge on any atom is -0.834 e. The van der Waals surface area contributed by atoms with Gasteiger partial charge in [0.25, 0.3) is 0 Å². The third kappa shape index (κ3) is 6.19. The number of thioether (sulfide) groups is 1. The Hall–Kier alpha value is 1.000. The van der Waals surface area contributed by atoms with Crippen molar-refractivity contribution in [3.05, 3.63) is 0 Å². The van der Waals surface area contributed by atoms with Crippen molar-refractivity contribution in [3.8, 4) is 0 Å². The molecule has 0 aromatic carbocycles. The van der Waals surface area contributed by atoms with Crippen LogP contribution >= 0.6 is 11.8 Å². The minimum absolute atomic E-state index is 0. The first-order chi connectivity index (χ1) is 4.50. The van der Waals surface area contributed by atoms with E-state index in [2.05, 4.69) is 0 Å². The van der Waals surface area contributed by atoms with E-state index in [1.54, 1.807) is 6.26 Å². The van der Waals surface area contributed by atoms with Gasteiger partial charge in [-0.1, -0.05) is 0 Å². The van der Waals surface area contributed by atoms with Gasteiger partial charge in [-0.15, -0.1) is 0 Å². The van der Waals surface area contributed by atoms with Crippen molar-refractivity contribution in [2.75, 3.05) is 12.0 Å². The Bertz CT molecular complexity index is 131. The van der Waals surface area contributed by atoms with E-state index in [1.807, 2.05) is 0 Å². The second kappa shape index (κ2) is 6.51. The van der Waals surface area contributed by atoms with Gasteiger partial charge in [0.2, 0.25) is 0 Å². The van der Waals surface area contributed by atoms with Crippen LogP contribution in [0.25, 0.3) is 0 Å². The molecular formula is C5H9CaNO3S. The van der Waals surface area contributed by atoms with Crippen LogP contribution in [0, 0.1) is 0 Å². The normalized spacial score (nSPS) is 14.8. The number of hydrogen-bond donors (Lipinski definition) is 1. The third-order valence-corrected chi connectivity index (χ3v) is 1.64. The molecule has 0 radical (unpaired) electrons. The van der Waals surface area contributed by atoms with E-state index in [9.17, 15) is 15.0 Å². The number of hydrogen-bond acceptors (Lipinski definition) is 5. The fourth-order valence-corrected chi connectivity index (χ4v) is 0.863. The topological polar surface area (TPSA) is 89.2 Å². The van der Waals surface area contributed by atoms with Crippen molar-refractivity contribution in [1.29, 1.82) is 0 Å². The largest absolute Gasteiger partial charge is 2.00 e. The van der Waals surface area contributed by atoms with Crippen molar-refractivity contribution in [2.45, 2.75) is 12.1 Å². The van der Waals surface area contributed by atoms with Crippen molar-refractivity contribution in [1.82, 2.24) is 0 Å². The molecule has 0 saturated heterocycles. The van der Waals surface area contributed by atoms with E-state index >= 15 is 0 Å². The van der Waals surface area contributed by atoms with Crippen LogP contribution < -0.4 is 15.9 Å². The summed E-state index contributed by atoms with van der Waals surface area (Å²) >= 11 is 1.37. The molecule has 0 bridgehead atoms. The summed E-state index contributed by atoms with van der Waals surface area (Å²) in [6, 6.07) is 0. The fraction of sp³-hybridized carbons (Fsp3) is 0.800. The van der Waals surface area contributed by atoms with E-state index in [4.69, 9.17) is 5.73 Å². The maximum Gasteiger partial charge on any atom is 2.00 e. The molecule has 0 aromatic heterocycles. The van der Waals surface area contributed by atoms with Gasteiger partial charge in [-0.2, -0.15) is 11.8 Å². The average Bonchev–Trinajstić information content (AvgIpc) is 1.84. The number of carbonyl (C=O) groups excluding carboxylic acids is 1. The zero-order chi connectivity index (χ0) is 8.20. The molecule has 0 fully saturated rings. The number of carboxylic acid groups (broad SMARTS) is 1. The molecule has 0 aromatic rings.